The summed E-state index contributed by atoms with van der Waals surface area (Å²) in [5.74, 6) is 0.261. The van der Waals surface area contributed by atoms with E-state index in [4.69, 9.17) is 10.5 Å². The molecule has 1 fully saturated rings. The van der Waals surface area contributed by atoms with Crippen LogP contribution in [0.25, 0.3) is 0 Å². The Morgan fingerprint density at radius 1 is 1.72 bits per heavy atom. The zero-order valence-electron chi connectivity index (χ0n) is 10.6. The first kappa shape index (κ1) is 13.1. The Balaban J connectivity index is 2.20. The number of nitrogen functional groups attached to an aromatic ring is 1. The third-order valence-corrected chi connectivity index (χ3v) is 4.10. The number of nitrogens with one attached hydrogen (secondary N) is 1. The highest BCUT2D eigenvalue weighted by atomic mass is 32.1. The molecular weight excluding hydrogens is 252 g/mol. The van der Waals surface area contributed by atoms with Gasteiger partial charge in [0.05, 0.1) is 19.3 Å². The van der Waals surface area contributed by atoms with Gasteiger partial charge in [-0.05, 0) is 6.42 Å². The summed E-state index contributed by atoms with van der Waals surface area (Å²) in [5.41, 5.74) is 5.79. The van der Waals surface area contributed by atoms with Gasteiger partial charge in [0.25, 0.3) is 5.91 Å². The van der Waals surface area contributed by atoms with Crippen LogP contribution in [0.2, 0.25) is 0 Å². The van der Waals surface area contributed by atoms with E-state index in [1.165, 1.54) is 11.3 Å². The summed E-state index contributed by atoms with van der Waals surface area (Å²) in [5, 5.41) is 3.57. The molecule has 1 aliphatic rings. The van der Waals surface area contributed by atoms with Crippen LogP contribution in [-0.4, -0.2) is 48.6 Å². The lowest BCUT2D eigenvalue weighted by Gasteiger charge is -2.34. The second-order valence-corrected chi connectivity index (χ2v) is 5.12. The molecule has 0 spiro atoms. The molecule has 0 bridgehead atoms. The van der Waals surface area contributed by atoms with Crippen LogP contribution in [0.3, 0.4) is 0 Å². The first-order valence-corrected chi connectivity index (χ1v) is 6.81. The highest BCUT2D eigenvalue weighted by Crippen LogP contribution is 2.27. The summed E-state index contributed by atoms with van der Waals surface area (Å²) >= 11 is 1.29. The van der Waals surface area contributed by atoms with Gasteiger partial charge in [-0.1, -0.05) is 18.3 Å². The number of morpholine rings is 1. The predicted octanol–water partition coefficient (Wildman–Crippen LogP) is 1.02. The number of rotatable bonds is 3. The highest BCUT2D eigenvalue weighted by molar-refractivity contribution is 7.18. The van der Waals surface area contributed by atoms with Crippen LogP contribution in [0.15, 0.2) is 0 Å². The number of amides is 1. The highest BCUT2D eigenvalue weighted by Gasteiger charge is 2.29. The van der Waals surface area contributed by atoms with Crippen molar-refractivity contribution in [3.8, 4) is 0 Å². The van der Waals surface area contributed by atoms with Crippen molar-refractivity contribution in [3.63, 3.8) is 0 Å². The number of nitrogens with two attached hydrogens (primary N) is 1. The van der Waals surface area contributed by atoms with E-state index in [-0.39, 0.29) is 11.9 Å². The molecule has 1 aromatic heterocycles. The first-order chi connectivity index (χ1) is 8.67. The van der Waals surface area contributed by atoms with E-state index in [1.807, 2.05) is 4.90 Å². The Morgan fingerprint density at radius 2 is 2.50 bits per heavy atom. The van der Waals surface area contributed by atoms with Crippen molar-refractivity contribution in [2.75, 3.05) is 37.9 Å². The molecule has 1 saturated heterocycles. The molecule has 100 valence electrons. The number of anilines is 2. The molecule has 0 aromatic carbocycles. The van der Waals surface area contributed by atoms with Crippen LogP contribution in [0.5, 0.6) is 0 Å². The van der Waals surface area contributed by atoms with Crippen molar-refractivity contribution in [2.45, 2.75) is 19.4 Å². The van der Waals surface area contributed by atoms with Gasteiger partial charge in [0.15, 0.2) is 5.13 Å². The third-order valence-electron chi connectivity index (χ3n) is 3.02. The standard InChI is InChI=1S/C11H18N4O2S/c1-3-7-6-17-5-4-15(7)10(16)8-9(12)14-11(13-2)18-8/h7H,3-6,12H2,1-2H3,(H,13,14). The number of hydrogen-bond donors (Lipinski definition) is 2. The summed E-state index contributed by atoms with van der Waals surface area (Å²) in [7, 11) is 1.76. The van der Waals surface area contributed by atoms with Crippen LogP contribution >= 0.6 is 11.3 Å². The van der Waals surface area contributed by atoms with Crippen molar-refractivity contribution in [1.29, 1.82) is 0 Å². The Kier molecular flexibility index (Phi) is 4.03. The van der Waals surface area contributed by atoms with Crippen molar-refractivity contribution in [1.82, 2.24) is 9.88 Å². The largest absolute Gasteiger partial charge is 0.382 e. The van der Waals surface area contributed by atoms with Crippen LogP contribution in [-0.2, 0) is 4.74 Å². The van der Waals surface area contributed by atoms with Gasteiger partial charge in [-0.25, -0.2) is 4.98 Å². The molecule has 2 heterocycles. The minimum absolute atomic E-state index is 0.0401. The molecule has 3 N–H and O–H groups in total. The lowest BCUT2D eigenvalue weighted by atomic mass is 10.1. The fraction of sp³-hybridized carbons (Fsp3) is 0.636. The van der Waals surface area contributed by atoms with Crippen molar-refractivity contribution < 1.29 is 9.53 Å². The Labute approximate surface area is 110 Å². The molecule has 0 aliphatic carbocycles. The van der Waals surface area contributed by atoms with E-state index in [9.17, 15) is 4.79 Å². The van der Waals surface area contributed by atoms with Crippen LogP contribution < -0.4 is 11.1 Å². The van der Waals surface area contributed by atoms with Gasteiger partial charge in [-0.15, -0.1) is 0 Å². The number of thiazole rings is 1. The van der Waals surface area contributed by atoms with E-state index >= 15 is 0 Å². The maximum absolute atomic E-state index is 12.5. The summed E-state index contributed by atoms with van der Waals surface area (Å²) < 4.78 is 5.40. The van der Waals surface area contributed by atoms with E-state index in [0.717, 1.165) is 6.42 Å². The molecule has 1 amide bonds. The number of aromatic nitrogens is 1. The van der Waals surface area contributed by atoms with Gasteiger partial charge in [0.1, 0.15) is 10.7 Å². The van der Waals surface area contributed by atoms with Crippen LogP contribution in [0.4, 0.5) is 10.9 Å². The van der Waals surface area contributed by atoms with Gasteiger partial charge in [-0.2, -0.15) is 0 Å². The fourth-order valence-electron chi connectivity index (χ4n) is 1.98. The topological polar surface area (TPSA) is 80.5 Å². The molecule has 0 saturated carbocycles. The van der Waals surface area contributed by atoms with Gasteiger partial charge < -0.3 is 20.7 Å². The van der Waals surface area contributed by atoms with Gasteiger partial charge in [-0.3, -0.25) is 4.79 Å². The van der Waals surface area contributed by atoms with Gasteiger partial charge in [0, 0.05) is 13.6 Å². The van der Waals surface area contributed by atoms with E-state index in [2.05, 4.69) is 17.2 Å². The second-order valence-electron chi connectivity index (χ2n) is 4.12. The molecular formula is C11H18N4O2S. The molecule has 1 unspecified atom stereocenters. The fourth-order valence-corrected chi connectivity index (χ4v) is 2.78. The zero-order valence-corrected chi connectivity index (χ0v) is 11.4. The Bertz CT molecular complexity index is 435. The van der Waals surface area contributed by atoms with Crippen molar-refractivity contribution in [2.24, 2.45) is 0 Å². The number of carbonyl (C=O) groups excluding carboxylic acids is 1. The minimum atomic E-state index is -0.0401. The molecule has 7 heteroatoms. The lowest BCUT2D eigenvalue weighted by molar-refractivity contribution is -0.00249. The summed E-state index contributed by atoms with van der Waals surface area (Å²) in [6.45, 7) is 3.85. The third kappa shape index (κ3) is 2.41. The molecule has 1 atom stereocenters. The van der Waals surface area contributed by atoms with Crippen LogP contribution in [0, 0.1) is 0 Å². The van der Waals surface area contributed by atoms with Gasteiger partial charge >= 0.3 is 0 Å². The Hall–Kier alpha value is -1.34. The quantitative estimate of drug-likeness (QED) is 0.857. The van der Waals surface area contributed by atoms with Gasteiger partial charge in [0.2, 0.25) is 0 Å². The summed E-state index contributed by atoms with van der Waals surface area (Å²) in [4.78, 5) is 18.9. The summed E-state index contributed by atoms with van der Waals surface area (Å²) in [6.07, 6.45) is 0.878. The predicted molar refractivity (Wildman–Crippen MR) is 72.0 cm³/mol. The minimum Gasteiger partial charge on any atom is -0.382 e. The molecule has 18 heavy (non-hydrogen) atoms. The smallest absolute Gasteiger partial charge is 0.268 e. The number of carbonyl (C=O) groups is 1. The van der Waals surface area contributed by atoms with E-state index in [1.54, 1.807) is 7.05 Å². The maximum atomic E-state index is 12.5. The monoisotopic (exact) mass is 270 g/mol. The second kappa shape index (κ2) is 5.53. The molecule has 2 rings (SSSR count). The lowest BCUT2D eigenvalue weighted by Crippen LogP contribution is -2.48. The van der Waals surface area contributed by atoms with E-state index < -0.39 is 0 Å². The molecule has 1 aliphatic heterocycles. The number of ether oxygens (including phenoxy) is 1. The SMILES string of the molecule is CCC1COCCN1C(=O)c1sc(NC)nc1N. The average molecular weight is 270 g/mol. The Morgan fingerprint density at radius 3 is 3.11 bits per heavy atom. The summed E-state index contributed by atoms with van der Waals surface area (Å²) in [6, 6.07) is 0.130. The van der Waals surface area contributed by atoms with Crippen LogP contribution in [0.1, 0.15) is 23.0 Å². The number of nitrogens with zero attached hydrogens (tertiary/aromatic N) is 2. The van der Waals surface area contributed by atoms with Crippen molar-refractivity contribution >= 4 is 28.2 Å². The van der Waals surface area contributed by atoms with Crippen molar-refractivity contribution in [3.05, 3.63) is 4.88 Å². The van der Waals surface area contributed by atoms with E-state index in [0.29, 0.717) is 35.6 Å². The maximum Gasteiger partial charge on any atom is 0.268 e. The normalized spacial score (nSPS) is 19.9. The molecule has 0 radical (unpaired) electrons. The first-order valence-electron chi connectivity index (χ1n) is 6.00. The average Bonchev–Trinajstić information content (AvgIpc) is 2.79. The zero-order chi connectivity index (χ0) is 13.1. The number of hydrogen-bond acceptors (Lipinski definition) is 6. The molecule has 6 nitrogen and oxygen atoms in total. The molecule has 1 aromatic rings.